The Labute approximate surface area is 113 Å². The topological polar surface area (TPSA) is 55.6 Å². The van der Waals surface area contributed by atoms with Crippen LogP contribution in [0.1, 0.15) is 31.3 Å². The molecular formula is C12H15F3N2O3. The van der Waals surface area contributed by atoms with Crippen molar-refractivity contribution in [3.05, 3.63) is 18.0 Å². The molecule has 0 radical (unpaired) electrons. The SMILES string of the molecule is CC1(C)CN(C(=O)c2ccon2)CC(C)(C(F)(F)F)O1. The molecule has 1 fully saturated rings. The van der Waals surface area contributed by atoms with Gasteiger partial charge in [0.1, 0.15) is 6.26 Å². The summed E-state index contributed by atoms with van der Waals surface area (Å²) in [5.41, 5.74) is -3.54. The van der Waals surface area contributed by atoms with Crippen LogP contribution in [0.3, 0.4) is 0 Å². The van der Waals surface area contributed by atoms with E-state index in [0.717, 1.165) is 11.8 Å². The smallest absolute Gasteiger partial charge is 0.364 e. The van der Waals surface area contributed by atoms with E-state index >= 15 is 0 Å². The van der Waals surface area contributed by atoms with Gasteiger partial charge in [0.25, 0.3) is 5.91 Å². The summed E-state index contributed by atoms with van der Waals surface area (Å²) in [6.07, 6.45) is -3.38. The Balaban J connectivity index is 2.29. The molecule has 20 heavy (non-hydrogen) atoms. The molecule has 2 heterocycles. The summed E-state index contributed by atoms with van der Waals surface area (Å²) in [5.74, 6) is -0.606. The molecular weight excluding hydrogens is 277 g/mol. The summed E-state index contributed by atoms with van der Waals surface area (Å²) in [7, 11) is 0. The Bertz CT molecular complexity index is 499. The van der Waals surface area contributed by atoms with Crippen molar-refractivity contribution in [2.24, 2.45) is 0 Å². The molecule has 8 heteroatoms. The number of hydrogen-bond acceptors (Lipinski definition) is 4. The third-order valence-corrected chi connectivity index (χ3v) is 3.11. The van der Waals surface area contributed by atoms with Gasteiger partial charge < -0.3 is 14.2 Å². The van der Waals surface area contributed by atoms with Crippen LogP contribution < -0.4 is 0 Å². The van der Waals surface area contributed by atoms with Crippen LogP contribution in [0.2, 0.25) is 0 Å². The first-order chi connectivity index (χ1) is 9.04. The van der Waals surface area contributed by atoms with E-state index in [-0.39, 0.29) is 12.2 Å². The van der Waals surface area contributed by atoms with Gasteiger partial charge in [0.15, 0.2) is 11.3 Å². The number of carbonyl (C=O) groups is 1. The molecule has 1 aromatic heterocycles. The number of halogens is 3. The van der Waals surface area contributed by atoms with Crippen molar-refractivity contribution in [2.75, 3.05) is 13.1 Å². The third-order valence-electron chi connectivity index (χ3n) is 3.11. The molecule has 1 amide bonds. The van der Waals surface area contributed by atoms with Crippen LogP contribution in [0.4, 0.5) is 13.2 Å². The monoisotopic (exact) mass is 292 g/mol. The van der Waals surface area contributed by atoms with E-state index < -0.39 is 29.8 Å². The molecule has 1 aliphatic rings. The second-order valence-electron chi connectivity index (χ2n) is 5.64. The van der Waals surface area contributed by atoms with Crippen molar-refractivity contribution in [1.29, 1.82) is 0 Å². The summed E-state index contributed by atoms with van der Waals surface area (Å²) in [6.45, 7) is 3.44. The maximum atomic E-state index is 13.2. The number of hydrogen-bond donors (Lipinski definition) is 0. The van der Waals surface area contributed by atoms with Crippen molar-refractivity contribution in [3.8, 4) is 0 Å². The van der Waals surface area contributed by atoms with Crippen LogP contribution >= 0.6 is 0 Å². The number of ether oxygens (including phenoxy) is 1. The number of carbonyl (C=O) groups excluding carboxylic acids is 1. The molecule has 1 aromatic rings. The molecule has 0 N–H and O–H groups in total. The molecule has 112 valence electrons. The Kier molecular flexibility index (Phi) is 3.32. The van der Waals surface area contributed by atoms with Crippen LogP contribution in [-0.2, 0) is 4.74 Å². The van der Waals surface area contributed by atoms with Crippen molar-refractivity contribution in [2.45, 2.75) is 38.1 Å². The predicted octanol–water partition coefficient (Wildman–Crippen LogP) is 2.25. The zero-order valence-corrected chi connectivity index (χ0v) is 11.3. The summed E-state index contributed by atoms with van der Waals surface area (Å²) in [4.78, 5) is 13.2. The first-order valence-corrected chi connectivity index (χ1v) is 6.01. The zero-order chi connectivity index (χ0) is 15.2. The number of rotatable bonds is 1. The molecule has 1 atom stereocenters. The third kappa shape index (κ3) is 2.65. The molecule has 2 rings (SSSR count). The van der Waals surface area contributed by atoms with E-state index in [9.17, 15) is 18.0 Å². The lowest BCUT2D eigenvalue weighted by Crippen LogP contribution is -2.65. The van der Waals surface area contributed by atoms with Crippen LogP contribution in [0.5, 0.6) is 0 Å². The summed E-state index contributed by atoms with van der Waals surface area (Å²) in [6, 6.07) is 1.32. The molecule has 5 nitrogen and oxygen atoms in total. The minimum Gasteiger partial charge on any atom is -0.364 e. The van der Waals surface area contributed by atoms with Gasteiger partial charge in [0.05, 0.1) is 12.1 Å². The van der Waals surface area contributed by atoms with Crippen molar-refractivity contribution in [3.63, 3.8) is 0 Å². The van der Waals surface area contributed by atoms with Gasteiger partial charge in [-0.25, -0.2) is 0 Å². The largest absolute Gasteiger partial charge is 0.418 e. The van der Waals surface area contributed by atoms with Crippen molar-refractivity contribution >= 4 is 5.91 Å². The van der Waals surface area contributed by atoms with Gasteiger partial charge in [-0.3, -0.25) is 4.79 Å². The maximum Gasteiger partial charge on any atom is 0.418 e. The first kappa shape index (κ1) is 14.8. The number of aromatic nitrogens is 1. The van der Waals surface area contributed by atoms with Crippen LogP contribution in [-0.4, -0.2) is 46.4 Å². The average molecular weight is 292 g/mol. The number of amides is 1. The summed E-state index contributed by atoms with van der Waals surface area (Å²) < 4.78 is 49.2. The lowest BCUT2D eigenvalue weighted by atomic mass is 9.96. The molecule has 1 saturated heterocycles. The van der Waals surface area contributed by atoms with Gasteiger partial charge in [-0.1, -0.05) is 5.16 Å². The number of morpholine rings is 1. The average Bonchev–Trinajstić information content (AvgIpc) is 2.77. The second kappa shape index (κ2) is 4.47. The number of nitrogens with zero attached hydrogens (tertiary/aromatic N) is 2. The predicted molar refractivity (Wildman–Crippen MR) is 62.0 cm³/mol. The maximum absolute atomic E-state index is 13.2. The second-order valence-corrected chi connectivity index (χ2v) is 5.64. The van der Waals surface area contributed by atoms with Gasteiger partial charge in [-0.15, -0.1) is 0 Å². The normalized spacial score (nSPS) is 26.6. The first-order valence-electron chi connectivity index (χ1n) is 6.01. The van der Waals surface area contributed by atoms with E-state index in [4.69, 9.17) is 4.74 Å². The Morgan fingerprint density at radius 3 is 2.50 bits per heavy atom. The minimum atomic E-state index is -4.58. The zero-order valence-electron chi connectivity index (χ0n) is 11.3. The van der Waals surface area contributed by atoms with E-state index in [1.165, 1.54) is 26.2 Å². The number of alkyl halides is 3. The van der Waals surface area contributed by atoms with Crippen LogP contribution in [0.25, 0.3) is 0 Å². The van der Waals surface area contributed by atoms with E-state index in [0.29, 0.717) is 0 Å². The van der Waals surface area contributed by atoms with Gasteiger partial charge >= 0.3 is 6.18 Å². The van der Waals surface area contributed by atoms with Crippen LogP contribution in [0, 0.1) is 0 Å². The van der Waals surface area contributed by atoms with E-state index in [1.54, 1.807) is 0 Å². The van der Waals surface area contributed by atoms with Crippen molar-refractivity contribution < 1.29 is 27.2 Å². The van der Waals surface area contributed by atoms with Crippen molar-refractivity contribution in [1.82, 2.24) is 10.1 Å². The standard InChI is InChI=1S/C12H15F3N2O3/c1-10(2)6-17(9(18)8-4-5-19-16-8)7-11(3,20-10)12(13,14)15/h4-5H,6-7H2,1-3H3. The van der Waals surface area contributed by atoms with Gasteiger partial charge in [0, 0.05) is 12.6 Å². The fraction of sp³-hybridized carbons (Fsp3) is 0.667. The highest BCUT2D eigenvalue weighted by atomic mass is 19.4. The molecule has 1 aliphatic heterocycles. The van der Waals surface area contributed by atoms with E-state index in [2.05, 4.69) is 9.68 Å². The fourth-order valence-electron chi connectivity index (χ4n) is 2.33. The molecule has 1 unspecified atom stereocenters. The summed E-state index contributed by atoms with van der Waals surface area (Å²) in [5, 5.41) is 3.46. The highest BCUT2D eigenvalue weighted by molar-refractivity contribution is 5.92. The lowest BCUT2D eigenvalue weighted by Gasteiger charge is -2.48. The van der Waals surface area contributed by atoms with Gasteiger partial charge in [-0.05, 0) is 20.8 Å². The van der Waals surface area contributed by atoms with Gasteiger partial charge in [-0.2, -0.15) is 13.2 Å². The molecule has 0 aromatic carbocycles. The summed E-state index contributed by atoms with van der Waals surface area (Å²) >= 11 is 0. The minimum absolute atomic E-state index is 0.0211. The molecule has 0 bridgehead atoms. The van der Waals surface area contributed by atoms with Gasteiger partial charge in [0.2, 0.25) is 0 Å². The Morgan fingerprint density at radius 1 is 1.35 bits per heavy atom. The highest BCUT2D eigenvalue weighted by Gasteiger charge is 2.58. The Hall–Kier alpha value is -1.57. The van der Waals surface area contributed by atoms with Crippen LogP contribution in [0.15, 0.2) is 16.9 Å². The molecule has 0 aliphatic carbocycles. The Morgan fingerprint density at radius 2 is 2.00 bits per heavy atom. The molecule has 0 saturated carbocycles. The van der Waals surface area contributed by atoms with E-state index in [1.807, 2.05) is 0 Å². The highest BCUT2D eigenvalue weighted by Crippen LogP contribution is 2.40. The quantitative estimate of drug-likeness (QED) is 0.796. The fourth-order valence-corrected chi connectivity index (χ4v) is 2.33. The lowest BCUT2D eigenvalue weighted by molar-refractivity contribution is -0.318. The molecule has 0 spiro atoms.